The van der Waals surface area contributed by atoms with Crippen LogP contribution in [0.25, 0.3) is 82.8 Å². The minimum Gasteiger partial charge on any atom is -0.310 e. The second-order valence-electron chi connectivity index (χ2n) is 19.2. The van der Waals surface area contributed by atoms with Crippen LogP contribution in [0.3, 0.4) is 0 Å². The summed E-state index contributed by atoms with van der Waals surface area (Å²) in [7, 11) is 0. The largest absolute Gasteiger partial charge is 0.310 e. The van der Waals surface area contributed by atoms with Gasteiger partial charge in [-0.05, 0) is 133 Å². The maximum Gasteiger partial charge on any atom is 0.0714 e. The molecule has 73 heavy (non-hydrogen) atoms. The van der Waals surface area contributed by atoms with E-state index in [4.69, 9.17) is 0 Å². The Morgan fingerprint density at radius 3 is 1.51 bits per heavy atom. The zero-order chi connectivity index (χ0) is 48.3. The lowest BCUT2D eigenvalue weighted by Crippen LogP contribution is -2.28. The molecule has 0 fully saturated rings. The number of rotatable bonds is 9. The molecular weight excluding hydrogens is 881 g/mol. The van der Waals surface area contributed by atoms with E-state index < -0.39 is 5.41 Å². The number of aromatic nitrogens is 1. The summed E-state index contributed by atoms with van der Waals surface area (Å²) in [5.41, 5.74) is 20.9. The molecule has 0 N–H and O–H groups in total. The van der Waals surface area contributed by atoms with Crippen LogP contribution < -0.4 is 4.90 Å². The lowest BCUT2D eigenvalue weighted by molar-refractivity contribution is 0.768. The van der Waals surface area contributed by atoms with E-state index in [0.29, 0.717) is 0 Å². The first kappa shape index (κ1) is 42.4. The smallest absolute Gasteiger partial charge is 0.0714 e. The predicted octanol–water partition coefficient (Wildman–Crippen LogP) is 18.8. The van der Waals surface area contributed by atoms with E-state index in [2.05, 4.69) is 301 Å². The zero-order valence-electron chi connectivity index (χ0n) is 40.1. The fourth-order valence-electron chi connectivity index (χ4n) is 12.0. The lowest BCUT2D eigenvalue weighted by Gasteiger charge is -2.34. The average molecular weight is 929 g/mol. The number of nitrogens with zero attached hydrogens (tertiary/aromatic N) is 2. The van der Waals surface area contributed by atoms with Crippen molar-refractivity contribution >= 4 is 49.6 Å². The van der Waals surface area contributed by atoms with E-state index in [1.54, 1.807) is 0 Å². The first-order valence-electron chi connectivity index (χ1n) is 25.2. The Labute approximate surface area is 426 Å². The Bertz CT molecular complexity index is 4090. The van der Waals surface area contributed by atoms with E-state index >= 15 is 0 Å². The molecule has 13 aromatic rings. The molecule has 1 heterocycles. The second kappa shape index (κ2) is 17.4. The van der Waals surface area contributed by atoms with Crippen LogP contribution >= 0.6 is 0 Å². The zero-order valence-corrected chi connectivity index (χ0v) is 40.1. The average Bonchev–Trinajstić information content (AvgIpc) is 3.98. The third-order valence-corrected chi connectivity index (χ3v) is 15.3. The van der Waals surface area contributed by atoms with Gasteiger partial charge in [-0.3, -0.25) is 0 Å². The quantitative estimate of drug-likeness (QED) is 0.140. The highest BCUT2D eigenvalue weighted by molar-refractivity contribution is 6.09. The molecule has 0 spiro atoms. The number of para-hydroxylation sites is 2. The number of fused-ring (bicyclic) bond motifs is 7. The SMILES string of the molecule is c1ccc(C2(c3ccccc3)c3ccccc3-c3c(N(c4ccc(-c5ccc(-c6cccc(-c7ccc8ccccc8c7)c6)cc5)cc4)c4cccc(-n5c6ccccc6c6ccccc65)c4)cccc32)cc1. The normalized spacial score (nSPS) is 12.5. The van der Waals surface area contributed by atoms with Gasteiger partial charge in [-0.25, -0.2) is 0 Å². The van der Waals surface area contributed by atoms with Gasteiger partial charge in [0, 0.05) is 33.4 Å². The Hall–Kier alpha value is -9.50. The standard InChI is InChI=1S/C71H48N2/c1-3-22-57(23-4-1)71(58-24-5-2-6-25-58)65-31-12-9-30-64(65)70-66(71)32-17-35-69(70)72(60-26-16-27-61(48-60)73-67-33-13-10-28-62(67)63-29-11-14-34-68(63)73)59-44-42-51(43-45-59)50-36-38-52(39-37-50)54-20-15-21-55(46-54)56-41-40-49-18-7-8-19-53(49)47-56/h1-48H. The van der Waals surface area contributed by atoms with Crippen LogP contribution in [0.2, 0.25) is 0 Å². The molecule has 0 amide bonds. The van der Waals surface area contributed by atoms with Gasteiger partial charge in [0.25, 0.3) is 0 Å². The Morgan fingerprint density at radius 1 is 0.301 bits per heavy atom. The number of anilines is 3. The Morgan fingerprint density at radius 2 is 0.808 bits per heavy atom. The van der Waals surface area contributed by atoms with Gasteiger partial charge in [0.15, 0.2) is 0 Å². The summed E-state index contributed by atoms with van der Waals surface area (Å²) >= 11 is 0. The molecule has 0 atom stereocenters. The van der Waals surface area contributed by atoms with Gasteiger partial charge >= 0.3 is 0 Å². The number of benzene rings is 12. The predicted molar refractivity (Wildman–Crippen MR) is 307 cm³/mol. The van der Waals surface area contributed by atoms with Crippen LogP contribution in [0.15, 0.2) is 291 Å². The molecule has 1 aromatic heterocycles. The first-order chi connectivity index (χ1) is 36.2. The topological polar surface area (TPSA) is 8.17 Å². The van der Waals surface area contributed by atoms with Gasteiger partial charge in [0.05, 0.1) is 22.1 Å². The minimum absolute atomic E-state index is 0.533. The molecule has 1 aliphatic rings. The van der Waals surface area contributed by atoms with Crippen LogP contribution in [-0.2, 0) is 5.41 Å². The molecule has 0 aliphatic heterocycles. The van der Waals surface area contributed by atoms with E-state index in [9.17, 15) is 0 Å². The van der Waals surface area contributed by atoms with E-state index in [1.165, 1.54) is 93.8 Å². The van der Waals surface area contributed by atoms with Crippen molar-refractivity contribution in [2.75, 3.05) is 4.90 Å². The van der Waals surface area contributed by atoms with Crippen molar-refractivity contribution in [2.24, 2.45) is 0 Å². The molecule has 0 unspecified atom stereocenters. The van der Waals surface area contributed by atoms with Gasteiger partial charge in [0.2, 0.25) is 0 Å². The Kier molecular flexibility index (Phi) is 10.1. The summed E-state index contributed by atoms with van der Waals surface area (Å²) < 4.78 is 2.42. The van der Waals surface area contributed by atoms with Crippen LogP contribution in [0.1, 0.15) is 22.3 Å². The highest BCUT2D eigenvalue weighted by Crippen LogP contribution is 2.59. The summed E-state index contributed by atoms with van der Waals surface area (Å²) in [5, 5.41) is 5.00. The van der Waals surface area contributed by atoms with E-state index in [1.807, 2.05) is 0 Å². The number of hydrogen-bond acceptors (Lipinski definition) is 1. The Balaban J connectivity index is 0.907. The summed E-state index contributed by atoms with van der Waals surface area (Å²) in [6, 6.07) is 107. The van der Waals surface area contributed by atoms with Gasteiger partial charge in [0.1, 0.15) is 0 Å². The van der Waals surface area contributed by atoms with Crippen molar-refractivity contribution in [1.82, 2.24) is 4.57 Å². The van der Waals surface area contributed by atoms with Crippen molar-refractivity contribution in [3.63, 3.8) is 0 Å². The summed E-state index contributed by atoms with van der Waals surface area (Å²) in [6.07, 6.45) is 0. The van der Waals surface area contributed by atoms with Crippen molar-refractivity contribution in [3.8, 4) is 50.2 Å². The molecule has 2 heteroatoms. The van der Waals surface area contributed by atoms with Gasteiger partial charge in [-0.2, -0.15) is 0 Å². The molecule has 2 nitrogen and oxygen atoms in total. The van der Waals surface area contributed by atoms with E-state index in [0.717, 1.165) is 28.3 Å². The highest BCUT2D eigenvalue weighted by Gasteiger charge is 2.47. The second-order valence-corrected chi connectivity index (χ2v) is 19.2. The first-order valence-corrected chi connectivity index (χ1v) is 25.2. The summed E-state index contributed by atoms with van der Waals surface area (Å²) in [6.45, 7) is 0. The highest BCUT2D eigenvalue weighted by atomic mass is 15.1. The molecule has 342 valence electrons. The monoisotopic (exact) mass is 928 g/mol. The van der Waals surface area contributed by atoms with Crippen LogP contribution in [0, 0.1) is 0 Å². The van der Waals surface area contributed by atoms with Crippen molar-refractivity contribution < 1.29 is 0 Å². The minimum atomic E-state index is -0.533. The molecule has 14 rings (SSSR count). The fourth-order valence-corrected chi connectivity index (χ4v) is 12.0. The van der Waals surface area contributed by atoms with Crippen molar-refractivity contribution in [2.45, 2.75) is 5.41 Å². The van der Waals surface area contributed by atoms with Crippen molar-refractivity contribution in [3.05, 3.63) is 313 Å². The maximum atomic E-state index is 2.48. The lowest BCUT2D eigenvalue weighted by atomic mass is 9.68. The molecule has 0 saturated heterocycles. The molecule has 12 aromatic carbocycles. The molecule has 0 saturated carbocycles. The summed E-state index contributed by atoms with van der Waals surface area (Å²) in [4.78, 5) is 2.48. The molecule has 0 bridgehead atoms. The summed E-state index contributed by atoms with van der Waals surface area (Å²) in [5.74, 6) is 0. The third-order valence-electron chi connectivity index (χ3n) is 15.3. The number of hydrogen-bond donors (Lipinski definition) is 0. The van der Waals surface area contributed by atoms with Crippen LogP contribution in [0.5, 0.6) is 0 Å². The van der Waals surface area contributed by atoms with Crippen LogP contribution in [-0.4, -0.2) is 4.57 Å². The van der Waals surface area contributed by atoms with Crippen molar-refractivity contribution in [1.29, 1.82) is 0 Å². The van der Waals surface area contributed by atoms with Crippen LogP contribution in [0.4, 0.5) is 17.1 Å². The fraction of sp³-hybridized carbons (Fsp3) is 0.0141. The molecule has 1 aliphatic carbocycles. The van der Waals surface area contributed by atoms with E-state index in [-0.39, 0.29) is 0 Å². The molecule has 0 radical (unpaired) electrons. The third kappa shape index (κ3) is 6.94. The van der Waals surface area contributed by atoms with Gasteiger partial charge < -0.3 is 9.47 Å². The van der Waals surface area contributed by atoms with Gasteiger partial charge in [-0.15, -0.1) is 0 Å². The maximum absolute atomic E-state index is 2.48. The van der Waals surface area contributed by atoms with Gasteiger partial charge in [-0.1, -0.05) is 231 Å². The molecular formula is C71H48N2.